The molecule has 0 aliphatic carbocycles. The van der Waals surface area contributed by atoms with Crippen molar-refractivity contribution in [3.8, 4) is 0 Å². The molecule has 0 saturated carbocycles. The lowest BCUT2D eigenvalue weighted by Gasteiger charge is -2.34. The highest BCUT2D eigenvalue weighted by Gasteiger charge is 2.29. The van der Waals surface area contributed by atoms with Gasteiger partial charge in [-0.05, 0) is 41.9 Å². The molecule has 1 aliphatic rings. The Morgan fingerprint density at radius 3 is 2.50 bits per heavy atom. The molecule has 3 aromatic carbocycles. The third-order valence-electron chi connectivity index (χ3n) is 5.25. The minimum atomic E-state index is -0.508. The standard InChI is InChI=1S/C21H19Cl2N3O2/c1-24-18-19(21(28)20(18)27)25-17-6-4-3-5-12(17)14-9-26(2)10-15-13(14)7-11(22)8-16(15)23/h3-8,14,24-25H,9-10H2,1-2H3. The first-order valence-electron chi connectivity index (χ1n) is 8.94. The van der Waals surface area contributed by atoms with Crippen LogP contribution in [0.15, 0.2) is 46.0 Å². The van der Waals surface area contributed by atoms with Crippen LogP contribution in [0.3, 0.4) is 0 Å². The van der Waals surface area contributed by atoms with Crippen molar-refractivity contribution < 1.29 is 0 Å². The zero-order chi connectivity index (χ0) is 20.0. The van der Waals surface area contributed by atoms with Crippen molar-refractivity contribution in [3.05, 3.63) is 83.6 Å². The SMILES string of the molecule is CNc1c(Nc2ccccc2C2CN(C)Cc3c(Cl)cc(Cl)cc32)c(=O)c1=O. The fraction of sp³-hybridized carbons (Fsp3) is 0.238. The number of hydrogen-bond acceptors (Lipinski definition) is 5. The van der Waals surface area contributed by atoms with Crippen molar-refractivity contribution in [2.24, 2.45) is 0 Å². The molecular formula is C21H19Cl2N3O2. The smallest absolute Gasteiger partial charge is 0.253 e. The molecule has 5 nitrogen and oxygen atoms in total. The summed E-state index contributed by atoms with van der Waals surface area (Å²) in [4.78, 5) is 25.9. The van der Waals surface area contributed by atoms with Crippen molar-refractivity contribution in [1.29, 1.82) is 0 Å². The molecule has 1 aliphatic heterocycles. The first kappa shape index (κ1) is 19.0. The van der Waals surface area contributed by atoms with Crippen LogP contribution in [0.4, 0.5) is 17.1 Å². The summed E-state index contributed by atoms with van der Waals surface area (Å²) in [6.45, 7) is 1.53. The van der Waals surface area contributed by atoms with E-state index >= 15 is 0 Å². The molecule has 0 bridgehead atoms. The van der Waals surface area contributed by atoms with Crippen molar-refractivity contribution in [3.63, 3.8) is 0 Å². The predicted molar refractivity (Wildman–Crippen MR) is 115 cm³/mol. The van der Waals surface area contributed by atoms with Crippen molar-refractivity contribution in [2.75, 3.05) is 31.3 Å². The average molecular weight is 416 g/mol. The zero-order valence-corrected chi connectivity index (χ0v) is 17.0. The second kappa shape index (κ2) is 7.24. The summed E-state index contributed by atoms with van der Waals surface area (Å²) in [5, 5.41) is 7.21. The summed E-state index contributed by atoms with van der Waals surface area (Å²) < 4.78 is 0. The summed E-state index contributed by atoms with van der Waals surface area (Å²) >= 11 is 12.8. The molecule has 0 amide bonds. The molecule has 0 fully saturated rings. The average Bonchev–Trinajstić information content (AvgIpc) is 2.68. The largest absolute Gasteiger partial charge is 0.383 e. The van der Waals surface area contributed by atoms with E-state index < -0.39 is 10.9 Å². The number of fused-ring (bicyclic) bond motifs is 1. The fourth-order valence-electron chi connectivity index (χ4n) is 3.91. The van der Waals surface area contributed by atoms with Gasteiger partial charge in [0.1, 0.15) is 11.4 Å². The lowest BCUT2D eigenvalue weighted by Crippen LogP contribution is -2.36. The van der Waals surface area contributed by atoms with Gasteiger partial charge in [0.25, 0.3) is 10.9 Å². The van der Waals surface area contributed by atoms with Gasteiger partial charge >= 0.3 is 0 Å². The molecule has 28 heavy (non-hydrogen) atoms. The minimum Gasteiger partial charge on any atom is -0.383 e. The molecule has 0 spiro atoms. The number of nitrogens with one attached hydrogen (secondary N) is 2. The molecule has 3 aromatic rings. The highest BCUT2D eigenvalue weighted by molar-refractivity contribution is 6.35. The van der Waals surface area contributed by atoms with Crippen LogP contribution in [0, 0.1) is 0 Å². The van der Waals surface area contributed by atoms with Gasteiger partial charge in [-0.2, -0.15) is 0 Å². The number of likely N-dealkylation sites (N-methyl/N-ethyl adjacent to an activating group) is 1. The third kappa shape index (κ3) is 3.09. The van der Waals surface area contributed by atoms with E-state index in [2.05, 4.69) is 15.5 Å². The maximum Gasteiger partial charge on any atom is 0.253 e. The molecule has 144 valence electrons. The van der Waals surface area contributed by atoms with Crippen LogP contribution >= 0.6 is 23.2 Å². The summed E-state index contributed by atoms with van der Waals surface area (Å²) in [5.41, 5.74) is 3.56. The van der Waals surface area contributed by atoms with Crippen LogP contribution in [0.1, 0.15) is 22.6 Å². The summed E-state index contributed by atoms with van der Waals surface area (Å²) in [6, 6.07) is 11.5. The molecule has 1 unspecified atom stereocenters. The van der Waals surface area contributed by atoms with E-state index in [1.54, 1.807) is 13.1 Å². The molecule has 0 saturated heterocycles. The molecule has 0 radical (unpaired) electrons. The summed E-state index contributed by atoms with van der Waals surface area (Å²) in [7, 11) is 3.68. The van der Waals surface area contributed by atoms with Crippen LogP contribution in [0.25, 0.3) is 0 Å². The van der Waals surface area contributed by atoms with Gasteiger partial charge in [0.2, 0.25) is 0 Å². The molecule has 1 atom stereocenters. The summed E-state index contributed by atoms with van der Waals surface area (Å²) in [5.74, 6) is 0.0261. The molecule has 4 rings (SSSR count). The number of anilines is 3. The van der Waals surface area contributed by atoms with Crippen LogP contribution in [-0.4, -0.2) is 25.5 Å². The highest BCUT2D eigenvalue weighted by Crippen LogP contribution is 2.41. The number of halogens is 2. The molecule has 2 N–H and O–H groups in total. The minimum absolute atomic E-state index is 0.0261. The Morgan fingerprint density at radius 2 is 1.75 bits per heavy atom. The lowest BCUT2D eigenvalue weighted by molar-refractivity contribution is 0.295. The van der Waals surface area contributed by atoms with E-state index in [-0.39, 0.29) is 5.92 Å². The van der Waals surface area contributed by atoms with Crippen molar-refractivity contribution >= 4 is 40.3 Å². The van der Waals surface area contributed by atoms with Gasteiger partial charge in [-0.3, -0.25) is 9.59 Å². The van der Waals surface area contributed by atoms with Crippen molar-refractivity contribution in [1.82, 2.24) is 4.90 Å². The summed E-state index contributed by atoms with van der Waals surface area (Å²) in [6.07, 6.45) is 0. The Hall–Kier alpha value is -2.34. The van der Waals surface area contributed by atoms with Gasteiger partial charge in [-0.25, -0.2) is 0 Å². The second-order valence-corrected chi connectivity index (χ2v) is 7.92. The Labute approximate surface area is 172 Å². The Bertz CT molecular complexity index is 1140. The van der Waals surface area contributed by atoms with Crippen LogP contribution < -0.4 is 21.5 Å². The number of hydrogen-bond donors (Lipinski definition) is 2. The van der Waals surface area contributed by atoms with E-state index in [0.717, 1.165) is 35.5 Å². The second-order valence-electron chi connectivity index (χ2n) is 7.08. The Morgan fingerprint density at radius 1 is 1.04 bits per heavy atom. The first-order valence-corrected chi connectivity index (χ1v) is 9.69. The van der Waals surface area contributed by atoms with Crippen LogP contribution in [0.5, 0.6) is 0 Å². The van der Waals surface area contributed by atoms with Gasteiger partial charge in [0, 0.05) is 41.8 Å². The fourth-order valence-corrected chi connectivity index (χ4v) is 4.48. The number of nitrogens with zero attached hydrogens (tertiary/aromatic N) is 1. The number of benzene rings is 2. The quantitative estimate of drug-likeness (QED) is 0.631. The van der Waals surface area contributed by atoms with E-state index in [1.807, 2.05) is 37.4 Å². The van der Waals surface area contributed by atoms with E-state index in [4.69, 9.17) is 23.2 Å². The monoisotopic (exact) mass is 415 g/mol. The van der Waals surface area contributed by atoms with E-state index in [0.29, 0.717) is 21.4 Å². The third-order valence-corrected chi connectivity index (χ3v) is 5.80. The van der Waals surface area contributed by atoms with Gasteiger partial charge in [0.05, 0.1) is 0 Å². The normalized spacial score (nSPS) is 16.8. The maximum atomic E-state index is 12.0. The van der Waals surface area contributed by atoms with Gasteiger partial charge in [-0.15, -0.1) is 0 Å². The maximum absolute atomic E-state index is 12.0. The van der Waals surface area contributed by atoms with Crippen molar-refractivity contribution in [2.45, 2.75) is 12.5 Å². The van der Waals surface area contributed by atoms with E-state index in [1.165, 1.54) is 0 Å². The first-order chi connectivity index (χ1) is 13.4. The Balaban J connectivity index is 1.81. The highest BCUT2D eigenvalue weighted by atomic mass is 35.5. The Kier molecular flexibility index (Phi) is 4.91. The molecule has 7 heteroatoms. The zero-order valence-electron chi connectivity index (χ0n) is 15.5. The number of para-hydroxylation sites is 1. The topological polar surface area (TPSA) is 61.4 Å². The van der Waals surface area contributed by atoms with Gasteiger partial charge < -0.3 is 15.5 Å². The van der Waals surface area contributed by atoms with Gasteiger partial charge in [-0.1, -0.05) is 41.4 Å². The van der Waals surface area contributed by atoms with Gasteiger partial charge in [0.15, 0.2) is 0 Å². The van der Waals surface area contributed by atoms with E-state index in [9.17, 15) is 9.59 Å². The molecule has 1 heterocycles. The molecular weight excluding hydrogens is 397 g/mol. The molecule has 0 aromatic heterocycles. The predicted octanol–water partition coefficient (Wildman–Crippen LogP) is 3.95. The lowest BCUT2D eigenvalue weighted by atomic mass is 9.84. The number of rotatable bonds is 4. The van der Waals surface area contributed by atoms with Crippen LogP contribution in [-0.2, 0) is 6.54 Å². The van der Waals surface area contributed by atoms with Crippen LogP contribution in [0.2, 0.25) is 10.0 Å².